The first-order chi connectivity index (χ1) is 6.65. The fourth-order valence-corrected chi connectivity index (χ4v) is 1.54. The molecule has 1 rings (SSSR count). The molecule has 0 N–H and O–H groups in total. The maximum Gasteiger partial charge on any atom is 0.120 e. The van der Waals surface area contributed by atoms with Crippen LogP contribution in [0, 0.1) is 6.92 Å². The number of hydrogen-bond acceptors (Lipinski definition) is 1. The van der Waals surface area contributed by atoms with Crippen molar-refractivity contribution in [2.75, 3.05) is 6.61 Å². The van der Waals surface area contributed by atoms with Gasteiger partial charge in [0.1, 0.15) is 12.4 Å². The Hall–Kier alpha value is -1.24. The summed E-state index contributed by atoms with van der Waals surface area (Å²) in [5.74, 6) is 1.50. The summed E-state index contributed by atoms with van der Waals surface area (Å²) in [4.78, 5) is 0. The second-order valence-corrected chi connectivity index (χ2v) is 3.77. The topological polar surface area (TPSA) is 9.23 Å². The highest BCUT2D eigenvalue weighted by molar-refractivity contribution is 5.36. The summed E-state index contributed by atoms with van der Waals surface area (Å²) in [7, 11) is 0. The molecule has 14 heavy (non-hydrogen) atoms. The van der Waals surface area contributed by atoms with Crippen LogP contribution in [0.4, 0.5) is 0 Å². The van der Waals surface area contributed by atoms with Crippen LogP contribution >= 0.6 is 0 Å². The molecule has 76 valence electrons. The summed E-state index contributed by atoms with van der Waals surface area (Å²) in [6.07, 6.45) is 1.76. The zero-order valence-corrected chi connectivity index (χ0v) is 9.21. The highest BCUT2D eigenvalue weighted by atomic mass is 16.5. The van der Waals surface area contributed by atoms with Gasteiger partial charge < -0.3 is 4.74 Å². The van der Waals surface area contributed by atoms with Gasteiger partial charge in [-0.3, -0.25) is 0 Å². The van der Waals surface area contributed by atoms with Crippen LogP contribution in [-0.2, 0) is 0 Å². The van der Waals surface area contributed by atoms with E-state index in [1.165, 1.54) is 11.1 Å². The fraction of sp³-hybridized carbons (Fsp3) is 0.385. The van der Waals surface area contributed by atoms with E-state index in [-0.39, 0.29) is 0 Å². The third-order valence-corrected chi connectivity index (χ3v) is 2.23. The lowest BCUT2D eigenvalue weighted by Crippen LogP contribution is -1.96. The second-order valence-electron chi connectivity index (χ2n) is 3.77. The van der Waals surface area contributed by atoms with Crippen molar-refractivity contribution in [2.45, 2.75) is 26.7 Å². The largest absolute Gasteiger partial charge is 0.490 e. The van der Waals surface area contributed by atoms with Crippen LogP contribution in [0.5, 0.6) is 5.75 Å². The molecule has 1 aromatic carbocycles. The number of aryl methyl sites for hydroxylation is 1. The van der Waals surface area contributed by atoms with Crippen LogP contribution < -0.4 is 4.74 Å². The van der Waals surface area contributed by atoms with Gasteiger partial charge in [-0.1, -0.05) is 32.6 Å². The lowest BCUT2D eigenvalue weighted by molar-refractivity contribution is 0.363. The summed E-state index contributed by atoms with van der Waals surface area (Å²) >= 11 is 0. The van der Waals surface area contributed by atoms with Crippen molar-refractivity contribution in [3.05, 3.63) is 42.0 Å². The first-order valence-corrected chi connectivity index (χ1v) is 4.99. The number of benzene rings is 1. The second kappa shape index (κ2) is 4.85. The first kappa shape index (κ1) is 10.8. The molecule has 0 saturated carbocycles. The van der Waals surface area contributed by atoms with Crippen molar-refractivity contribution in [1.29, 1.82) is 0 Å². The monoisotopic (exact) mass is 190 g/mol. The SMILES string of the molecule is C=CCOc1ccc(C(C)C)c(C)c1. The molecule has 0 saturated heterocycles. The van der Waals surface area contributed by atoms with E-state index in [9.17, 15) is 0 Å². The Morgan fingerprint density at radius 1 is 1.43 bits per heavy atom. The van der Waals surface area contributed by atoms with Crippen LogP contribution in [0.25, 0.3) is 0 Å². The summed E-state index contributed by atoms with van der Waals surface area (Å²) in [6, 6.07) is 6.24. The van der Waals surface area contributed by atoms with Crippen molar-refractivity contribution < 1.29 is 4.74 Å². The summed E-state index contributed by atoms with van der Waals surface area (Å²) < 4.78 is 5.45. The average molecular weight is 190 g/mol. The predicted molar refractivity (Wildman–Crippen MR) is 61.0 cm³/mol. The molecular formula is C13H18O. The summed E-state index contributed by atoms with van der Waals surface area (Å²) in [5.41, 5.74) is 2.68. The molecule has 1 heteroatoms. The minimum atomic E-state index is 0.570. The predicted octanol–water partition coefficient (Wildman–Crippen LogP) is 3.68. The molecule has 0 heterocycles. The molecule has 0 aliphatic rings. The van der Waals surface area contributed by atoms with Gasteiger partial charge in [0.25, 0.3) is 0 Å². The zero-order valence-electron chi connectivity index (χ0n) is 9.21. The van der Waals surface area contributed by atoms with Crippen molar-refractivity contribution >= 4 is 0 Å². The minimum Gasteiger partial charge on any atom is -0.490 e. The molecule has 0 spiro atoms. The van der Waals surface area contributed by atoms with Gasteiger partial charge in [0, 0.05) is 0 Å². The molecule has 0 fully saturated rings. The van der Waals surface area contributed by atoms with Crippen LogP contribution in [0.3, 0.4) is 0 Å². The molecule has 0 unspecified atom stereocenters. The normalized spacial score (nSPS) is 10.3. The van der Waals surface area contributed by atoms with Gasteiger partial charge in [0.15, 0.2) is 0 Å². The molecular weight excluding hydrogens is 172 g/mol. The molecule has 0 radical (unpaired) electrons. The van der Waals surface area contributed by atoms with E-state index in [4.69, 9.17) is 4.74 Å². The molecule has 0 aromatic heterocycles. The summed E-state index contributed by atoms with van der Waals surface area (Å²) in [5, 5.41) is 0. The van der Waals surface area contributed by atoms with Gasteiger partial charge in [-0.15, -0.1) is 0 Å². The maximum absolute atomic E-state index is 5.45. The van der Waals surface area contributed by atoms with Crippen molar-refractivity contribution in [3.8, 4) is 5.75 Å². The maximum atomic E-state index is 5.45. The quantitative estimate of drug-likeness (QED) is 0.658. The average Bonchev–Trinajstić information content (AvgIpc) is 2.14. The third kappa shape index (κ3) is 2.63. The lowest BCUT2D eigenvalue weighted by Gasteiger charge is -2.11. The van der Waals surface area contributed by atoms with E-state index in [2.05, 4.69) is 39.5 Å². The Kier molecular flexibility index (Phi) is 3.75. The number of hydrogen-bond donors (Lipinski definition) is 0. The number of rotatable bonds is 4. The van der Waals surface area contributed by atoms with E-state index in [1.54, 1.807) is 6.08 Å². The molecule has 0 atom stereocenters. The first-order valence-electron chi connectivity index (χ1n) is 4.99. The van der Waals surface area contributed by atoms with Gasteiger partial charge in [-0.25, -0.2) is 0 Å². The Morgan fingerprint density at radius 3 is 2.64 bits per heavy atom. The summed E-state index contributed by atoms with van der Waals surface area (Å²) in [6.45, 7) is 10.7. The van der Waals surface area contributed by atoms with Gasteiger partial charge >= 0.3 is 0 Å². The van der Waals surface area contributed by atoms with E-state index in [0.717, 1.165) is 5.75 Å². The number of ether oxygens (including phenoxy) is 1. The Balaban J connectivity index is 2.83. The smallest absolute Gasteiger partial charge is 0.120 e. The third-order valence-electron chi connectivity index (χ3n) is 2.23. The van der Waals surface area contributed by atoms with Crippen molar-refractivity contribution in [1.82, 2.24) is 0 Å². The molecule has 0 aliphatic heterocycles. The highest BCUT2D eigenvalue weighted by Gasteiger charge is 2.03. The lowest BCUT2D eigenvalue weighted by atomic mass is 9.98. The van der Waals surface area contributed by atoms with Gasteiger partial charge in [-0.2, -0.15) is 0 Å². The van der Waals surface area contributed by atoms with E-state index in [1.807, 2.05) is 6.07 Å². The van der Waals surface area contributed by atoms with Gasteiger partial charge in [0.2, 0.25) is 0 Å². The van der Waals surface area contributed by atoms with E-state index in [0.29, 0.717) is 12.5 Å². The molecule has 0 aliphatic carbocycles. The van der Waals surface area contributed by atoms with Crippen LogP contribution in [0.1, 0.15) is 30.9 Å². The Labute approximate surface area is 86.4 Å². The molecule has 0 amide bonds. The van der Waals surface area contributed by atoms with E-state index >= 15 is 0 Å². The van der Waals surface area contributed by atoms with Gasteiger partial charge in [0.05, 0.1) is 0 Å². The molecule has 0 bridgehead atoms. The van der Waals surface area contributed by atoms with Crippen molar-refractivity contribution in [3.63, 3.8) is 0 Å². The van der Waals surface area contributed by atoms with Crippen LogP contribution in [-0.4, -0.2) is 6.61 Å². The Bertz CT molecular complexity index is 313. The highest BCUT2D eigenvalue weighted by Crippen LogP contribution is 2.23. The fourth-order valence-electron chi connectivity index (χ4n) is 1.54. The molecule has 1 nitrogen and oxygen atoms in total. The molecule has 1 aromatic rings. The van der Waals surface area contributed by atoms with Crippen LogP contribution in [0.15, 0.2) is 30.9 Å². The standard InChI is InChI=1S/C13H18O/c1-5-8-14-12-6-7-13(10(2)3)11(4)9-12/h5-7,9-10H,1,8H2,2-4H3. The minimum absolute atomic E-state index is 0.570. The van der Waals surface area contributed by atoms with E-state index < -0.39 is 0 Å². The zero-order chi connectivity index (χ0) is 10.6. The Morgan fingerprint density at radius 2 is 2.14 bits per heavy atom. The van der Waals surface area contributed by atoms with Gasteiger partial charge in [-0.05, 0) is 36.1 Å². The van der Waals surface area contributed by atoms with Crippen molar-refractivity contribution in [2.24, 2.45) is 0 Å². The van der Waals surface area contributed by atoms with Crippen LogP contribution in [0.2, 0.25) is 0 Å².